The molecule has 2 rings (SSSR count). The Morgan fingerprint density at radius 2 is 2.10 bits per heavy atom. The van der Waals surface area contributed by atoms with Gasteiger partial charge in [-0.05, 0) is 50.0 Å². The SMILES string of the molecule is CCCN(C(=O)Cc1cccc(F)c1)C1CCNCC1.Cl. The zero-order valence-electron chi connectivity index (χ0n) is 12.5. The highest BCUT2D eigenvalue weighted by atomic mass is 35.5. The van der Waals surface area contributed by atoms with E-state index in [0.717, 1.165) is 44.5 Å². The summed E-state index contributed by atoms with van der Waals surface area (Å²) in [4.78, 5) is 14.5. The zero-order chi connectivity index (χ0) is 14.4. The second-order valence-electron chi connectivity index (χ2n) is 5.38. The van der Waals surface area contributed by atoms with E-state index in [1.807, 2.05) is 11.0 Å². The van der Waals surface area contributed by atoms with Crippen molar-refractivity contribution in [3.8, 4) is 0 Å². The number of nitrogens with one attached hydrogen (secondary N) is 1. The first-order chi connectivity index (χ1) is 9.70. The maximum Gasteiger partial charge on any atom is 0.227 e. The molecule has 0 aromatic heterocycles. The van der Waals surface area contributed by atoms with Crippen LogP contribution in [0.25, 0.3) is 0 Å². The van der Waals surface area contributed by atoms with E-state index >= 15 is 0 Å². The van der Waals surface area contributed by atoms with Crippen molar-refractivity contribution in [3.63, 3.8) is 0 Å². The van der Waals surface area contributed by atoms with Crippen LogP contribution in [-0.2, 0) is 11.2 Å². The average molecular weight is 315 g/mol. The Balaban J connectivity index is 0.00000220. The second-order valence-corrected chi connectivity index (χ2v) is 5.38. The molecule has 0 spiro atoms. The molecule has 21 heavy (non-hydrogen) atoms. The van der Waals surface area contributed by atoms with Crippen molar-refractivity contribution in [2.75, 3.05) is 19.6 Å². The predicted octanol–water partition coefficient (Wildman–Crippen LogP) is 2.78. The smallest absolute Gasteiger partial charge is 0.227 e. The van der Waals surface area contributed by atoms with Gasteiger partial charge < -0.3 is 10.2 Å². The minimum atomic E-state index is -0.279. The van der Waals surface area contributed by atoms with E-state index in [4.69, 9.17) is 0 Å². The number of hydrogen-bond acceptors (Lipinski definition) is 2. The van der Waals surface area contributed by atoms with Crippen molar-refractivity contribution in [1.82, 2.24) is 10.2 Å². The first-order valence-electron chi connectivity index (χ1n) is 7.45. The molecule has 1 N–H and O–H groups in total. The molecule has 1 aliphatic rings. The molecule has 5 heteroatoms. The minimum Gasteiger partial charge on any atom is -0.339 e. The van der Waals surface area contributed by atoms with Crippen molar-refractivity contribution >= 4 is 18.3 Å². The molecule has 3 nitrogen and oxygen atoms in total. The number of nitrogens with zero attached hydrogens (tertiary/aromatic N) is 1. The molecular weight excluding hydrogens is 291 g/mol. The Morgan fingerprint density at radius 1 is 1.38 bits per heavy atom. The van der Waals surface area contributed by atoms with E-state index in [1.54, 1.807) is 6.07 Å². The van der Waals surface area contributed by atoms with Crippen LogP contribution in [0.5, 0.6) is 0 Å². The van der Waals surface area contributed by atoms with Crippen molar-refractivity contribution in [1.29, 1.82) is 0 Å². The first kappa shape index (κ1) is 17.9. The summed E-state index contributed by atoms with van der Waals surface area (Å²) in [6.07, 6.45) is 3.27. The minimum absolute atomic E-state index is 0. The summed E-state index contributed by atoms with van der Waals surface area (Å²) < 4.78 is 13.2. The van der Waals surface area contributed by atoms with E-state index in [9.17, 15) is 9.18 Å². The van der Waals surface area contributed by atoms with Gasteiger partial charge in [0.1, 0.15) is 5.82 Å². The van der Waals surface area contributed by atoms with E-state index in [1.165, 1.54) is 12.1 Å². The summed E-state index contributed by atoms with van der Waals surface area (Å²) in [6.45, 7) is 4.82. The predicted molar refractivity (Wildman–Crippen MR) is 85.2 cm³/mol. The van der Waals surface area contributed by atoms with Crippen LogP contribution in [0.15, 0.2) is 24.3 Å². The summed E-state index contributed by atoms with van der Waals surface area (Å²) in [6, 6.07) is 6.66. The van der Waals surface area contributed by atoms with E-state index < -0.39 is 0 Å². The van der Waals surface area contributed by atoms with E-state index in [-0.39, 0.29) is 24.1 Å². The van der Waals surface area contributed by atoms with Crippen LogP contribution < -0.4 is 5.32 Å². The lowest BCUT2D eigenvalue weighted by Gasteiger charge is -2.34. The van der Waals surface area contributed by atoms with Gasteiger partial charge in [-0.2, -0.15) is 0 Å². The molecule has 1 aliphatic heterocycles. The third kappa shape index (κ3) is 5.29. The highest BCUT2D eigenvalue weighted by Crippen LogP contribution is 2.15. The lowest BCUT2D eigenvalue weighted by molar-refractivity contribution is -0.133. The molecule has 1 fully saturated rings. The third-order valence-electron chi connectivity index (χ3n) is 3.78. The van der Waals surface area contributed by atoms with Gasteiger partial charge in [-0.3, -0.25) is 4.79 Å². The Kier molecular flexibility index (Phi) is 7.68. The van der Waals surface area contributed by atoms with Gasteiger partial charge in [-0.25, -0.2) is 4.39 Å². The monoisotopic (exact) mass is 314 g/mol. The lowest BCUT2D eigenvalue weighted by Crippen LogP contribution is -2.47. The number of benzene rings is 1. The average Bonchev–Trinajstić information content (AvgIpc) is 2.45. The van der Waals surface area contributed by atoms with E-state index in [0.29, 0.717) is 12.5 Å². The summed E-state index contributed by atoms with van der Waals surface area (Å²) in [7, 11) is 0. The molecule has 1 amide bonds. The summed E-state index contributed by atoms with van der Waals surface area (Å²) in [5, 5.41) is 3.32. The van der Waals surface area contributed by atoms with Gasteiger partial charge in [0.25, 0.3) is 0 Å². The van der Waals surface area contributed by atoms with Gasteiger partial charge >= 0.3 is 0 Å². The summed E-state index contributed by atoms with van der Waals surface area (Å²) in [5.41, 5.74) is 0.755. The molecule has 0 radical (unpaired) electrons. The normalized spacial score (nSPS) is 15.3. The Labute approximate surface area is 132 Å². The maximum absolute atomic E-state index is 13.2. The van der Waals surface area contributed by atoms with Crippen LogP contribution in [0.2, 0.25) is 0 Å². The lowest BCUT2D eigenvalue weighted by atomic mass is 10.0. The number of hydrogen-bond donors (Lipinski definition) is 1. The molecular formula is C16H24ClFN2O. The van der Waals surface area contributed by atoms with Gasteiger partial charge in [-0.1, -0.05) is 19.1 Å². The molecule has 118 valence electrons. The van der Waals surface area contributed by atoms with Gasteiger partial charge in [0, 0.05) is 12.6 Å². The molecule has 1 aromatic rings. The Morgan fingerprint density at radius 3 is 2.71 bits per heavy atom. The van der Waals surface area contributed by atoms with E-state index in [2.05, 4.69) is 12.2 Å². The number of carbonyl (C=O) groups is 1. The molecule has 1 saturated heterocycles. The van der Waals surface area contributed by atoms with Crippen molar-refractivity contribution in [2.24, 2.45) is 0 Å². The first-order valence-corrected chi connectivity index (χ1v) is 7.45. The molecule has 0 bridgehead atoms. The summed E-state index contributed by atoms with van der Waals surface area (Å²) >= 11 is 0. The zero-order valence-corrected chi connectivity index (χ0v) is 13.3. The van der Waals surface area contributed by atoms with Gasteiger partial charge in [-0.15, -0.1) is 12.4 Å². The fourth-order valence-corrected chi connectivity index (χ4v) is 2.79. The van der Waals surface area contributed by atoms with Crippen molar-refractivity contribution in [2.45, 2.75) is 38.6 Å². The Hall–Kier alpha value is -1.13. The third-order valence-corrected chi connectivity index (χ3v) is 3.78. The molecule has 0 atom stereocenters. The van der Waals surface area contributed by atoms with Gasteiger partial charge in [0.05, 0.1) is 6.42 Å². The number of piperidine rings is 1. The number of halogens is 2. The van der Waals surface area contributed by atoms with Gasteiger partial charge in [0.15, 0.2) is 0 Å². The van der Waals surface area contributed by atoms with Crippen LogP contribution >= 0.6 is 12.4 Å². The number of rotatable bonds is 5. The van der Waals surface area contributed by atoms with Crippen LogP contribution in [0.4, 0.5) is 4.39 Å². The molecule has 1 heterocycles. The van der Waals surface area contributed by atoms with Crippen molar-refractivity contribution < 1.29 is 9.18 Å². The van der Waals surface area contributed by atoms with Crippen LogP contribution in [0, 0.1) is 5.82 Å². The van der Waals surface area contributed by atoms with Crippen molar-refractivity contribution in [3.05, 3.63) is 35.6 Å². The number of amides is 1. The quantitative estimate of drug-likeness (QED) is 0.906. The molecule has 0 unspecified atom stereocenters. The largest absolute Gasteiger partial charge is 0.339 e. The molecule has 0 aliphatic carbocycles. The maximum atomic E-state index is 13.2. The van der Waals surface area contributed by atoms with Crippen LogP contribution in [-0.4, -0.2) is 36.5 Å². The number of carbonyl (C=O) groups excluding carboxylic acids is 1. The fourth-order valence-electron chi connectivity index (χ4n) is 2.79. The second kappa shape index (κ2) is 9.00. The molecule has 1 aromatic carbocycles. The topological polar surface area (TPSA) is 32.3 Å². The van der Waals surface area contributed by atoms with Crippen LogP contribution in [0.3, 0.4) is 0 Å². The van der Waals surface area contributed by atoms with Crippen LogP contribution in [0.1, 0.15) is 31.7 Å². The standard InChI is InChI=1S/C16H23FN2O.ClH/c1-2-10-19(15-6-8-18-9-7-15)16(20)12-13-4-3-5-14(17)11-13;/h3-5,11,15,18H,2,6-10,12H2,1H3;1H. The highest BCUT2D eigenvalue weighted by Gasteiger charge is 2.24. The Bertz CT molecular complexity index is 450. The highest BCUT2D eigenvalue weighted by molar-refractivity contribution is 5.85. The summed E-state index contributed by atoms with van der Waals surface area (Å²) in [5.74, 6) is -0.163. The fraction of sp³-hybridized carbons (Fsp3) is 0.562. The van der Waals surface area contributed by atoms with Gasteiger partial charge in [0.2, 0.25) is 5.91 Å². The molecule has 0 saturated carbocycles.